The Bertz CT molecular complexity index is 992. The summed E-state index contributed by atoms with van der Waals surface area (Å²) in [6.07, 6.45) is 0. The number of fused-ring (bicyclic) bond motifs is 1. The predicted molar refractivity (Wildman–Crippen MR) is 99.1 cm³/mol. The molecule has 0 N–H and O–H groups in total. The van der Waals surface area contributed by atoms with Gasteiger partial charge in [0.1, 0.15) is 11.3 Å². The second-order valence-electron chi connectivity index (χ2n) is 5.90. The first-order valence-corrected chi connectivity index (χ1v) is 9.51. The highest BCUT2D eigenvalue weighted by atomic mass is 32.2. The molecule has 0 saturated carbocycles. The molecule has 3 aromatic rings. The van der Waals surface area contributed by atoms with Crippen LogP contribution in [0.15, 0.2) is 57.8 Å². The van der Waals surface area contributed by atoms with Gasteiger partial charge in [-0.15, -0.1) is 0 Å². The second-order valence-corrected chi connectivity index (χ2v) is 7.90. The number of methoxy groups -OCH3 is 2. The molecule has 7 heteroatoms. The maximum absolute atomic E-state index is 13.0. The first-order valence-electron chi connectivity index (χ1n) is 8.07. The minimum atomic E-state index is -3.74. The molecule has 26 heavy (non-hydrogen) atoms. The SMILES string of the molecule is COc1ccc(S(=O)(=O)N(C)[C@@H](C)c2cc3ccccc3o2)cc1OC. The van der Waals surface area contributed by atoms with Gasteiger partial charge in [0, 0.05) is 18.5 Å². The normalized spacial score (nSPS) is 13.1. The standard InChI is InChI=1S/C19H21NO5S/c1-13(18-11-14-7-5-6-8-16(14)25-18)20(2)26(21,22)15-9-10-17(23-3)19(12-15)24-4/h5-13H,1-4H3/t13-/m0/s1. The number of furan rings is 1. The van der Waals surface area contributed by atoms with Gasteiger partial charge in [0.05, 0.1) is 25.2 Å². The fourth-order valence-corrected chi connectivity index (χ4v) is 4.09. The molecular weight excluding hydrogens is 354 g/mol. The van der Waals surface area contributed by atoms with Crippen molar-refractivity contribution >= 4 is 21.0 Å². The maximum atomic E-state index is 13.0. The largest absolute Gasteiger partial charge is 0.493 e. The van der Waals surface area contributed by atoms with Gasteiger partial charge in [-0.3, -0.25) is 0 Å². The van der Waals surface area contributed by atoms with Gasteiger partial charge in [0.15, 0.2) is 11.5 Å². The molecule has 0 aliphatic heterocycles. The molecule has 0 radical (unpaired) electrons. The first-order chi connectivity index (χ1) is 12.4. The minimum Gasteiger partial charge on any atom is -0.493 e. The van der Waals surface area contributed by atoms with E-state index in [4.69, 9.17) is 13.9 Å². The third-order valence-electron chi connectivity index (χ3n) is 4.43. The number of para-hydroxylation sites is 1. The van der Waals surface area contributed by atoms with Crippen molar-refractivity contribution in [3.8, 4) is 11.5 Å². The van der Waals surface area contributed by atoms with Crippen molar-refractivity contribution in [2.24, 2.45) is 0 Å². The average molecular weight is 375 g/mol. The first kappa shape index (κ1) is 18.3. The molecule has 138 valence electrons. The van der Waals surface area contributed by atoms with E-state index in [1.807, 2.05) is 30.3 Å². The van der Waals surface area contributed by atoms with Gasteiger partial charge in [-0.2, -0.15) is 4.31 Å². The summed E-state index contributed by atoms with van der Waals surface area (Å²) in [6.45, 7) is 1.79. The number of benzene rings is 2. The van der Waals surface area contributed by atoms with Crippen LogP contribution in [0.25, 0.3) is 11.0 Å². The van der Waals surface area contributed by atoms with Crippen molar-refractivity contribution in [3.05, 3.63) is 54.3 Å². The van der Waals surface area contributed by atoms with E-state index in [0.29, 0.717) is 17.3 Å². The molecule has 0 bridgehead atoms. The van der Waals surface area contributed by atoms with E-state index >= 15 is 0 Å². The summed E-state index contributed by atoms with van der Waals surface area (Å²) in [5.41, 5.74) is 0.728. The van der Waals surface area contributed by atoms with Crippen LogP contribution in [-0.2, 0) is 10.0 Å². The summed E-state index contributed by atoms with van der Waals surface area (Å²) in [4.78, 5) is 0.126. The summed E-state index contributed by atoms with van der Waals surface area (Å²) >= 11 is 0. The summed E-state index contributed by atoms with van der Waals surface area (Å²) in [5, 5.41) is 0.936. The fraction of sp³-hybridized carbons (Fsp3) is 0.263. The number of nitrogens with zero attached hydrogens (tertiary/aromatic N) is 1. The van der Waals surface area contributed by atoms with Crippen molar-refractivity contribution in [3.63, 3.8) is 0 Å². The Morgan fingerprint density at radius 1 is 1.00 bits per heavy atom. The number of ether oxygens (including phenoxy) is 2. The van der Waals surface area contributed by atoms with Crippen LogP contribution in [-0.4, -0.2) is 34.0 Å². The number of hydrogen-bond acceptors (Lipinski definition) is 5. The molecule has 0 amide bonds. The number of sulfonamides is 1. The summed E-state index contributed by atoms with van der Waals surface area (Å²) in [7, 11) is 0.757. The van der Waals surface area contributed by atoms with Gasteiger partial charge in [0.25, 0.3) is 0 Å². The molecule has 3 rings (SSSR count). The fourth-order valence-electron chi connectivity index (χ4n) is 2.74. The van der Waals surface area contributed by atoms with Crippen LogP contribution in [0.1, 0.15) is 18.7 Å². The van der Waals surface area contributed by atoms with Gasteiger partial charge in [-0.25, -0.2) is 8.42 Å². The van der Waals surface area contributed by atoms with Crippen LogP contribution in [0, 0.1) is 0 Å². The van der Waals surface area contributed by atoms with Gasteiger partial charge in [0.2, 0.25) is 10.0 Å². The zero-order valence-electron chi connectivity index (χ0n) is 15.1. The van der Waals surface area contributed by atoms with E-state index in [1.165, 1.54) is 37.7 Å². The van der Waals surface area contributed by atoms with Crippen molar-refractivity contribution in [1.82, 2.24) is 4.31 Å². The van der Waals surface area contributed by atoms with Crippen LogP contribution >= 0.6 is 0 Å². The van der Waals surface area contributed by atoms with E-state index in [1.54, 1.807) is 13.0 Å². The maximum Gasteiger partial charge on any atom is 0.243 e. The molecule has 2 aromatic carbocycles. The second kappa shape index (κ2) is 7.01. The van der Waals surface area contributed by atoms with Crippen molar-refractivity contribution < 1.29 is 22.3 Å². The Kier molecular flexibility index (Phi) is 4.93. The molecule has 0 aliphatic rings. The number of hydrogen-bond donors (Lipinski definition) is 0. The summed E-state index contributed by atoms with van der Waals surface area (Å²) < 4.78 is 43.5. The molecule has 0 aliphatic carbocycles. The van der Waals surface area contributed by atoms with E-state index in [9.17, 15) is 8.42 Å². The lowest BCUT2D eigenvalue weighted by Crippen LogP contribution is -2.29. The lowest BCUT2D eigenvalue weighted by atomic mass is 10.2. The zero-order chi connectivity index (χ0) is 18.9. The molecular formula is C19H21NO5S. The van der Waals surface area contributed by atoms with Crippen LogP contribution in [0.2, 0.25) is 0 Å². The molecule has 0 spiro atoms. The average Bonchev–Trinajstić information content (AvgIpc) is 3.10. The van der Waals surface area contributed by atoms with Crippen LogP contribution in [0.4, 0.5) is 0 Å². The van der Waals surface area contributed by atoms with E-state index in [2.05, 4.69) is 0 Å². The van der Waals surface area contributed by atoms with Crippen LogP contribution in [0.5, 0.6) is 11.5 Å². The van der Waals surface area contributed by atoms with E-state index < -0.39 is 16.1 Å². The monoisotopic (exact) mass is 375 g/mol. The smallest absolute Gasteiger partial charge is 0.243 e. The molecule has 1 heterocycles. The Morgan fingerprint density at radius 2 is 1.69 bits per heavy atom. The van der Waals surface area contributed by atoms with Gasteiger partial charge >= 0.3 is 0 Å². The summed E-state index contributed by atoms with van der Waals surface area (Å²) in [5.74, 6) is 1.41. The Hall–Kier alpha value is -2.51. The van der Waals surface area contributed by atoms with Crippen LogP contribution in [0.3, 0.4) is 0 Å². The Labute approximate surface area is 153 Å². The molecule has 0 saturated heterocycles. The lowest BCUT2D eigenvalue weighted by Gasteiger charge is -2.23. The highest BCUT2D eigenvalue weighted by Crippen LogP contribution is 2.33. The van der Waals surface area contributed by atoms with E-state index in [0.717, 1.165) is 11.0 Å². The highest BCUT2D eigenvalue weighted by molar-refractivity contribution is 7.89. The molecule has 0 unspecified atom stereocenters. The third-order valence-corrected chi connectivity index (χ3v) is 6.36. The van der Waals surface area contributed by atoms with Gasteiger partial charge < -0.3 is 13.9 Å². The van der Waals surface area contributed by atoms with Crippen molar-refractivity contribution in [1.29, 1.82) is 0 Å². The molecule has 1 aromatic heterocycles. The van der Waals surface area contributed by atoms with Gasteiger partial charge in [-0.1, -0.05) is 18.2 Å². The van der Waals surface area contributed by atoms with Crippen LogP contribution < -0.4 is 9.47 Å². The minimum absolute atomic E-state index is 0.126. The van der Waals surface area contributed by atoms with E-state index in [-0.39, 0.29) is 4.90 Å². The Morgan fingerprint density at radius 3 is 2.35 bits per heavy atom. The summed E-state index contributed by atoms with van der Waals surface area (Å²) in [6, 6.07) is 13.5. The van der Waals surface area contributed by atoms with Crippen molar-refractivity contribution in [2.45, 2.75) is 17.9 Å². The lowest BCUT2D eigenvalue weighted by molar-refractivity contribution is 0.345. The third kappa shape index (κ3) is 3.15. The highest BCUT2D eigenvalue weighted by Gasteiger charge is 2.29. The molecule has 0 fully saturated rings. The molecule has 6 nitrogen and oxygen atoms in total. The van der Waals surface area contributed by atoms with Crippen molar-refractivity contribution in [2.75, 3.05) is 21.3 Å². The quantitative estimate of drug-likeness (QED) is 0.655. The van der Waals surface area contributed by atoms with Gasteiger partial charge in [-0.05, 0) is 31.2 Å². The predicted octanol–water partition coefficient (Wildman–Crippen LogP) is 3.83. The number of rotatable bonds is 6. The Balaban J connectivity index is 1.95. The molecule has 1 atom stereocenters. The topological polar surface area (TPSA) is 69.0 Å². The zero-order valence-corrected chi connectivity index (χ0v) is 15.9.